The standard InChI is InChI=1S/C8H11BrN2OS2/c9-7-5-13-8(11-7)10-6-1-3-14(12)4-2-6/h5-6H,1-4H2,(H,10,11). The molecule has 1 saturated heterocycles. The third-order valence-corrected chi connectivity index (χ3v) is 5.06. The van der Waals surface area contributed by atoms with Gasteiger partial charge in [0, 0.05) is 33.7 Å². The molecule has 1 fully saturated rings. The van der Waals surface area contributed by atoms with Crippen molar-refractivity contribution in [2.45, 2.75) is 18.9 Å². The third-order valence-electron chi connectivity index (χ3n) is 2.19. The quantitative estimate of drug-likeness (QED) is 0.909. The van der Waals surface area contributed by atoms with Crippen LogP contribution in [0.15, 0.2) is 9.98 Å². The molecule has 1 aliphatic heterocycles. The highest BCUT2D eigenvalue weighted by atomic mass is 79.9. The maximum atomic E-state index is 11.1. The fraction of sp³-hybridized carbons (Fsp3) is 0.625. The fourth-order valence-electron chi connectivity index (χ4n) is 1.43. The number of nitrogens with zero attached hydrogens (tertiary/aromatic N) is 1. The maximum absolute atomic E-state index is 11.1. The molecule has 0 saturated carbocycles. The van der Waals surface area contributed by atoms with Crippen molar-refractivity contribution in [1.29, 1.82) is 0 Å². The van der Waals surface area contributed by atoms with E-state index in [1.807, 2.05) is 5.38 Å². The molecule has 0 unspecified atom stereocenters. The fourth-order valence-corrected chi connectivity index (χ4v) is 3.95. The zero-order valence-electron chi connectivity index (χ0n) is 7.53. The van der Waals surface area contributed by atoms with Crippen LogP contribution in [0.3, 0.4) is 0 Å². The van der Waals surface area contributed by atoms with E-state index in [9.17, 15) is 4.21 Å². The van der Waals surface area contributed by atoms with E-state index in [-0.39, 0.29) is 0 Å². The van der Waals surface area contributed by atoms with Gasteiger partial charge in [-0.15, -0.1) is 11.3 Å². The first-order valence-corrected chi connectivity index (χ1v) is 7.62. The Hall–Kier alpha value is 0.0600. The SMILES string of the molecule is O=S1CCC(Nc2nc(Br)cs2)CC1. The Balaban J connectivity index is 1.89. The minimum absolute atomic E-state index is 0.450. The maximum Gasteiger partial charge on any atom is 0.183 e. The average molecular weight is 295 g/mol. The van der Waals surface area contributed by atoms with Crippen LogP contribution >= 0.6 is 27.3 Å². The highest BCUT2D eigenvalue weighted by molar-refractivity contribution is 9.10. The van der Waals surface area contributed by atoms with Gasteiger partial charge < -0.3 is 5.32 Å². The molecule has 1 aromatic heterocycles. The van der Waals surface area contributed by atoms with Crippen molar-refractivity contribution in [2.75, 3.05) is 16.8 Å². The van der Waals surface area contributed by atoms with E-state index in [2.05, 4.69) is 26.2 Å². The summed E-state index contributed by atoms with van der Waals surface area (Å²) in [5.41, 5.74) is 0. The van der Waals surface area contributed by atoms with Crippen molar-refractivity contribution in [1.82, 2.24) is 4.98 Å². The molecule has 1 N–H and O–H groups in total. The molecule has 6 heteroatoms. The molecule has 0 amide bonds. The van der Waals surface area contributed by atoms with Crippen LogP contribution in [-0.2, 0) is 10.8 Å². The lowest BCUT2D eigenvalue weighted by molar-refractivity contribution is 0.623. The van der Waals surface area contributed by atoms with Gasteiger partial charge in [-0.2, -0.15) is 0 Å². The van der Waals surface area contributed by atoms with Crippen molar-refractivity contribution in [3.8, 4) is 0 Å². The summed E-state index contributed by atoms with van der Waals surface area (Å²) in [5.74, 6) is 1.65. The lowest BCUT2D eigenvalue weighted by Crippen LogP contribution is -2.29. The second-order valence-corrected chi connectivity index (χ2v) is 6.61. The zero-order valence-corrected chi connectivity index (χ0v) is 10.8. The molecule has 0 aliphatic carbocycles. The van der Waals surface area contributed by atoms with Gasteiger partial charge in [0.05, 0.1) is 0 Å². The lowest BCUT2D eigenvalue weighted by Gasteiger charge is -2.21. The molecule has 0 aromatic carbocycles. The van der Waals surface area contributed by atoms with Crippen LogP contribution in [0.1, 0.15) is 12.8 Å². The number of aromatic nitrogens is 1. The first kappa shape index (κ1) is 10.6. The molecule has 0 spiro atoms. The van der Waals surface area contributed by atoms with Gasteiger partial charge in [-0.1, -0.05) is 0 Å². The lowest BCUT2D eigenvalue weighted by atomic mass is 10.2. The minimum atomic E-state index is -0.580. The number of anilines is 1. The van der Waals surface area contributed by atoms with Crippen LogP contribution in [0, 0.1) is 0 Å². The highest BCUT2D eigenvalue weighted by Crippen LogP contribution is 2.22. The summed E-state index contributed by atoms with van der Waals surface area (Å²) < 4.78 is 12.0. The second-order valence-electron chi connectivity index (χ2n) is 3.24. The van der Waals surface area contributed by atoms with E-state index in [1.165, 1.54) is 0 Å². The molecule has 2 rings (SSSR count). The molecule has 1 aromatic rings. The average Bonchev–Trinajstić information content (AvgIpc) is 2.56. The van der Waals surface area contributed by atoms with Gasteiger partial charge in [0.25, 0.3) is 0 Å². The first-order valence-electron chi connectivity index (χ1n) is 4.46. The van der Waals surface area contributed by atoms with Gasteiger partial charge in [0.15, 0.2) is 5.13 Å². The number of hydrogen-bond acceptors (Lipinski definition) is 4. The van der Waals surface area contributed by atoms with Crippen LogP contribution in [-0.4, -0.2) is 26.7 Å². The third kappa shape index (κ3) is 2.77. The van der Waals surface area contributed by atoms with Gasteiger partial charge in [-0.25, -0.2) is 4.98 Å². The Bertz CT molecular complexity index is 332. The Morgan fingerprint density at radius 2 is 2.29 bits per heavy atom. The van der Waals surface area contributed by atoms with Crippen molar-refractivity contribution in [3.63, 3.8) is 0 Å². The Morgan fingerprint density at radius 3 is 2.86 bits per heavy atom. The van der Waals surface area contributed by atoms with E-state index < -0.39 is 10.8 Å². The number of thiazole rings is 1. The van der Waals surface area contributed by atoms with Crippen LogP contribution in [0.4, 0.5) is 5.13 Å². The number of nitrogens with one attached hydrogen (secondary N) is 1. The van der Waals surface area contributed by atoms with Gasteiger partial charge in [-0.05, 0) is 28.8 Å². The molecule has 3 nitrogen and oxygen atoms in total. The highest BCUT2D eigenvalue weighted by Gasteiger charge is 2.18. The smallest absolute Gasteiger partial charge is 0.183 e. The van der Waals surface area contributed by atoms with Crippen molar-refractivity contribution < 1.29 is 4.21 Å². The Morgan fingerprint density at radius 1 is 1.57 bits per heavy atom. The van der Waals surface area contributed by atoms with Crippen LogP contribution in [0.25, 0.3) is 0 Å². The monoisotopic (exact) mass is 294 g/mol. The summed E-state index contributed by atoms with van der Waals surface area (Å²) in [7, 11) is -0.580. The molecule has 2 heterocycles. The molecule has 0 bridgehead atoms. The Kier molecular flexibility index (Phi) is 3.57. The van der Waals surface area contributed by atoms with Crippen LogP contribution in [0.2, 0.25) is 0 Å². The molecule has 0 atom stereocenters. The summed E-state index contributed by atoms with van der Waals surface area (Å²) in [6.07, 6.45) is 1.98. The second kappa shape index (κ2) is 4.72. The first-order chi connectivity index (χ1) is 6.74. The summed E-state index contributed by atoms with van der Waals surface area (Å²) in [6, 6.07) is 0.450. The van der Waals surface area contributed by atoms with Crippen LogP contribution in [0.5, 0.6) is 0 Å². The molecule has 1 aliphatic rings. The molecule has 0 radical (unpaired) electrons. The molecular weight excluding hydrogens is 284 g/mol. The summed E-state index contributed by atoms with van der Waals surface area (Å²) in [5, 5.41) is 6.28. The van der Waals surface area contributed by atoms with E-state index >= 15 is 0 Å². The van der Waals surface area contributed by atoms with Crippen LogP contribution < -0.4 is 5.32 Å². The Labute approximate surface area is 97.9 Å². The van der Waals surface area contributed by atoms with E-state index in [0.29, 0.717) is 6.04 Å². The molecular formula is C8H11BrN2OS2. The van der Waals surface area contributed by atoms with E-state index in [0.717, 1.165) is 34.1 Å². The zero-order chi connectivity index (χ0) is 9.97. The number of rotatable bonds is 2. The normalized spacial score (nSPS) is 27.5. The van der Waals surface area contributed by atoms with Crippen molar-refractivity contribution >= 4 is 43.2 Å². The number of hydrogen-bond donors (Lipinski definition) is 1. The van der Waals surface area contributed by atoms with Crippen molar-refractivity contribution in [2.24, 2.45) is 0 Å². The topological polar surface area (TPSA) is 42.0 Å². The van der Waals surface area contributed by atoms with Gasteiger partial charge in [0.1, 0.15) is 4.60 Å². The summed E-state index contributed by atoms with van der Waals surface area (Å²) in [4.78, 5) is 4.27. The molecule has 78 valence electrons. The van der Waals surface area contributed by atoms with Crippen molar-refractivity contribution in [3.05, 3.63) is 9.98 Å². The molecule has 14 heavy (non-hydrogen) atoms. The van der Waals surface area contributed by atoms with E-state index in [4.69, 9.17) is 0 Å². The predicted octanol–water partition coefficient (Wildman–Crippen LogP) is 2.23. The van der Waals surface area contributed by atoms with Gasteiger partial charge in [-0.3, -0.25) is 4.21 Å². The minimum Gasteiger partial charge on any atom is -0.359 e. The summed E-state index contributed by atoms with van der Waals surface area (Å²) >= 11 is 4.92. The largest absolute Gasteiger partial charge is 0.359 e. The predicted molar refractivity (Wildman–Crippen MR) is 64.3 cm³/mol. The van der Waals surface area contributed by atoms with E-state index in [1.54, 1.807) is 11.3 Å². The summed E-state index contributed by atoms with van der Waals surface area (Å²) in [6.45, 7) is 0. The van der Waals surface area contributed by atoms with Gasteiger partial charge in [0.2, 0.25) is 0 Å². The van der Waals surface area contributed by atoms with Gasteiger partial charge >= 0.3 is 0 Å². The number of halogens is 1.